The lowest BCUT2D eigenvalue weighted by atomic mass is 9.97. The Kier molecular flexibility index (Phi) is 4.51. The van der Waals surface area contributed by atoms with Gasteiger partial charge in [-0.25, -0.2) is 4.98 Å². The van der Waals surface area contributed by atoms with Crippen LogP contribution in [0.25, 0.3) is 5.78 Å². The van der Waals surface area contributed by atoms with Crippen LogP contribution < -0.4 is 4.74 Å². The summed E-state index contributed by atoms with van der Waals surface area (Å²) >= 11 is 0. The van der Waals surface area contributed by atoms with Crippen molar-refractivity contribution in [3.63, 3.8) is 0 Å². The fourth-order valence-corrected chi connectivity index (χ4v) is 3.57. The van der Waals surface area contributed by atoms with Crippen LogP contribution in [0.2, 0.25) is 0 Å². The van der Waals surface area contributed by atoms with Gasteiger partial charge in [-0.3, -0.25) is 4.79 Å². The van der Waals surface area contributed by atoms with Gasteiger partial charge in [-0.05, 0) is 44.4 Å². The van der Waals surface area contributed by atoms with Gasteiger partial charge in [0.15, 0.2) is 0 Å². The van der Waals surface area contributed by atoms with Gasteiger partial charge in [0.05, 0.1) is 23.9 Å². The van der Waals surface area contributed by atoms with Crippen molar-refractivity contribution in [1.82, 2.24) is 24.5 Å². The van der Waals surface area contributed by atoms with Gasteiger partial charge in [-0.1, -0.05) is 12.1 Å². The van der Waals surface area contributed by atoms with Crippen LogP contribution in [0.5, 0.6) is 5.75 Å². The maximum Gasteiger partial charge on any atom is 0.258 e. The molecular formula is C19H21N5O2. The maximum atomic E-state index is 13.3. The van der Waals surface area contributed by atoms with Crippen LogP contribution in [0.4, 0.5) is 0 Å². The molecule has 4 rings (SSSR count). The van der Waals surface area contributed by atoms with Crippen molar-refractivity contribution in [1.29, 1.82) is 0 Å². The van der Waals surface area contributed by atoms with E-state index in [0.29, 0.717) is 30.2 Å². The maximum absolute atomic E-state index is 13.3. The van der Waals surface area contributed by atoms with E-state index in [2.05, 4.69) is 15.1 Å². The lowest BCUT2D eigenvalue weighted by molar-refractivity contribution is 0.0599. The first-order valence-corrected chi connectivity index (χ1v) is 8.97. The average molecular weight is 351 g/mol. The van der Waals surface area contributed by atoms with Gasteiger partial charge in [0.1, 0.15) is 12.1 Å². The fourth-order valence-electron chi connectivity index (χ4n) is 3.57. The fraction of sp³-hybridized carbons (Fsp3) is 0.368. The number of ether oxygens (including phenoxy) is 1. The summed E-state index contributed by atoms with van der Waals surface area (Å²) in [6.45, 7) is 3.16. The van der Waals surface area contributed by atoms with E-state index in [1.807, 2.05) is 42.2 Å². The molecule has 1 amide bonds. The Morgan fingerprint density at radius 3 is 3.00 bits per heavy atom. The van der Waals surface area contributed by atoms with Crippen molar-refractivity contribution in [2.75, 3.05) is 13.2 Å². The lowest BCUT2D eigenvalue weighted by Crippen LogP contribution is -2.39. The largest absolute Gasteiger partial charge is 0.493 e. The number of rotatable bonds is 4. The van der Waals surface area contributed by atoms with Crippen LogP contribution in [0.1, 0.15) is 48.3 Å². The monoisotopic (exact) mass is 351 g/mol. The zero-order valence-electron chi connectivity index (χ0n) is 14.7. The van der Waals surface area contributed by atoms with E-state index in [1.54, 1.807) is 10.7 Å². The van der Waals surface area contributed by atoms with Crippen LogP contribution in [0, 0.1) is 0 Å². The number of carbonyl (C=O) groups is 1. The first-order valence-electron chi connectivity index (χ1n) is 8.97. The third-order valence-corrected chi connectivity index (χ3v) is 4.73. The topological polar surface area (TPSA) is 72.6 Å². The third-order valence-electron chi connectivity index (χ3n) is 4.73. The second kappa shape index (κ2) is 7.11. The predicted molar refractivity (Wildman–Crippen MR) is 96.0 cm³/mol. The average Bonchev–Trinajstić information content (AvgIpc) is 3.17. The molecule has 7 nitrogen and oxygen atoms in total. The molecule has 1 aromatic carbocycles. The van der Waals surface area contributed by atoms with Gasteiger partial charge in [-0.2, -0.15) is 14.6 Å². The zero-order valence-corrected chi connectivity index (χ0v) is 14.7. The number of para-hydroxylation sites is 1. The molecule has 7 heteroatoms. The first kappa shape index (κ1) is 16.5. The Labute approximate surface area is 151 Å². The Hall–Kier alpha value is -2.96. The third kappa shape index (κ3) is 2.89. The van der Waals surface area contributed by atoms with Crippen molar-refractivity contribution in [3.05, 3.63) is 54.1 Å². The minimum atomic E-state index is -0.0573. The number of hydrogen-bond donors (Lipinski definition) is 0. The second-order valence-corrected chi connectivity index (χ2v) is 6.28. The van der Waals surface area contributed by atoms with Crippen LogP contribution in [-0.4, -0.2) is 43.5 Å². The summed E-state index contributed by atoms with van der Waals surface area (Å²) in [5.74, 6) is 1.17. The number of carbonyl (C=O) groups excluding carboxylic acids is 1. The molecule has 2 aromatic heterocycles. The number of benzene rings is 1. The molecule has 0 bridgehead atoms. The molecule has 1 fully saturated rings. The highest BCUT2D eigenvalue weighted by atomic mass is 16.5. The van der Waals surface area contributed by atoms with Crippen LogP contribution in [0.3, 0.4) is 0 Å². The highest BCUT2D eigenvalue weighted by Crippen LogP contribution is 2.33. The van der Waals surface area contributed by atoms with Gasteiger partial charge in [0.2, 0.25) is 0 Å². The quantitative estimate of drug-likeness (QED) is 0.723. The minimum Gasteiger partial charge on any atom is -0.493 e. The molecule has 3 heterocycles. The van der Waals surface area contributed by atoms with Crippen LogP contribution >= 0.6 is 0 Å². The molecule has 1 saturated heterocycles. The van der Waals surface area contributed by atoms with E-state index in [-0.39, 0.29) is 11.9 Å². The van der Waals surface area contributed by atoms with E-state index >= 15 is 0 Å². The van der Waals surface area contributed by atoms with E-state index < -0.39 is 0 Å². The second-order valence-electron chi connectivity index (χ2n) is 6.28. The van der Waals surface area contributed by atoms with E-state index in [9.17, 15) is 4.79 Å². The molecule has 1 aliphatic heterocycles. The summed E-state index contributed by atoms with van der Waals surface area (Å²) in [4.78, 5) is 23.7. The number of nitrogens with zero attached hydrogens (tertiary/aromatic N) is 5. The number of aromatic nitrogens is 4. The van der Waals surface area contributed by atoms with E-state index in [1.165, 1.54) is 6.33 Å². The van der Waals surface area contributed by atoms with Gasteiger partial charge < -0.3 is 9.64 Å². The van der Waals surface area contributed by atoms with Crippen molar-refractivity contribution in [2.45, 2.75) is 32.2 Å². The van der Waals surface area contributed by atoms with Crippen molar-refractivity contribution in [3.8, 4) is 5.75 Å². The van der Waals surface area contributed by atoms with Gasteiger partial charge in [0.25, 0.3) is 11.7 Å². The van der Waals surface area contributed by atoms with Gasteiger partial charge in [-0.15, -0.1) is 0 Å². The van der Waals surface area contributed by atoms with Gasteiger partial charge in [0, 0.05) is 12.7 Å². The normalized spacial score (nSPS) is 17.4. The Bertz CT molecular complexity index is 923. The molecule has 134 valence electrons. The van der Waals surface area contributed by atoms with Crippen molar-refractivity contribution < 1.29 is 9.53 Å². The minimum absolute atomic E-state index is 0.0103. The molecule has 26 heavy (non-hydrogen) atoms. The number of amides is 1. The molecule has 0 unspecified atom stereocenters. The molecule has 0 aliphatic carbocycles. The smallest absolute Gasteiger partial charge is 0.258 e. The van der Waals surface area contributed by atoms with Crippen LogP contribution in [-0.2, 0) is 0 Å². The molecular weight excluding hydrogens is 330 g/mol. The lowest BCUT2D eigenvalue weighted by Gasteiger charge is -2.36. The number of piperidine rings is 1. The molecule has 0 N–H and O–H groups in total. The molecule has 0 spiro atoms. The zero-order chi connectivity index (χ0) is 17.9. The highest BCUT2D eigenvalue weighted by molar-refractivity contribution is 5.97. The van der Waals surface area contributed by atoms with Gasteiger partial charge >= 0.3 is 0 Å². The van der Waals surface area contributed by atoms with E-state index in [0.717, 1.165) is 25.0 Å². The summed E-state index contributed by atoms with van der Waals surface area (Å²) in [6, 6.07) is 9.30. The molecule has 1 atom stereocenters. The highest BCUT2D eigenvalue weighted by Gasteiger charge is 2.31. The molecule has 3 aromatic rings. The summed E-state index contributed by atoms with van der Waals surface area (Å²) in [5.41, 5.74) is 1.54. The standard InChI is InChI=1S/C19H21N5O2/c1-2-26-17-9-4-3-7-14(17)18(25)23-12-6-5-8-15(23)16-10-11-20-19-21-13-22-24(16)19/h3-4,7,9-11,13,15H,2,5-6,8,12H2,1H3/t15-/m1/s1. The molecule has 0 radical (unpaired) electrons. The predicted octanol–water partition coefficient (Wildman–Crippen LogP) is 2.89. The molecule has 1 aliphatic rings. The summed E-state index contributed by atoms with van der Waals surface area (Å²) in [6.07, 6.45) is 6.17. The first-order chi connectivity index (χ1) is 12.8. The molecule has 0 saturated carbocycles. The number of likely N-dealkylation sites (tertiary alicyclic amines) is 1. The number of hydrogen-bond acceptors (Lipinski definition) is 5. The Balaban J connectivity index is 1.72. The summed E-state index contributed by atoms with van der Waals surface area (Å²) in [7, 11) is 0. The Morgan fingerprint density at radius 2 is 2.12 bits per heavy atom. The SMILES string of the molecule is CCOc1ccccc1C(=O)N1CCCC[C@@H]1c1ccnc2ncnn12. The van der Waals surface area contributed by atoms with Crippen molar-refractivity contribution >= 4 is 11.7 Å². The number of fused-ring (bicyclic) bond motifs is 1. The van der Waals surface area contributed by atoms with Crippen molar-refractivity contribution in [2.24, 2.45) is 0 Å². The Morgan fingerprint density at radius 1 is 1.23 bits per heavy atom. The van der Waals surface area contributed by atoms with Crippen LogP contribution in [0.15, 0.2) is 42.9 Å². The summed E-state index contributed by atoms with van der Waals surface area (Å²) < 4.78 is 7.39. The summed E-state index contributed by atoms with van der Waals surface area (Å²) in [5, 5.41) is 4.29. The van der Waals surface area contributed by atoms with E-state index in [4.69, 9.17) is 4.74 Å².